The van der Waals surface area contributed by atoms with Gasteiger partial charge in [0.05, 0.1) is 43.6 Å². The van der Waals surface area contributed by atoms with E-state index in [0.717, 1.165) is 5.56 Å². The number of amides is 4. The van der Waals surface area contributed by atoms with Crippen molar-refractivity contribution in [3.05, 3.63) is 52.5 Å². The number of nitrogens with zero attached hydrogens (tertiary/aromatic N) is 2. The molecule has 0 spiro atoms. The summed E-state index contributed by atoms with van der Waals surface area (Å²) in [6.07, 6.45) is 1.66. The van der Waals surface area contributed by atoms with Gasteiger partial charge in [0, 0.05) is 24.9 Å². The lowest BCUT2D eigenvalue weighted by Crippen LogP contribution is -2.59. The Morgan fingerprint density at radius 2 is 1.43 bits per heavy atom. The summed E-state index contributed by atoms with van der Waals surface area (Å²) in [5, 5.41) is 13.3. The van der Waals surface area contributed by atoms with Crippen LogP contribution in [-0.2, 0) is 46.3 Å². The zero-order valence-corrected chi connectivity index (χ0v) is 31.3. The van der Waals surface area contributed by atoms with Crippen LogP contribution >= 0.6 is 11.3 Å². The quantitative estimate of drug-likeness (QED) is 0.149. The molecule has 4 N–H and O–H groups in total. The van der Waals surface area contributed by atoms with E-state index >= 15 is 0 Å². The van der Waals surface area contributed by atoms with E-state index in [-0.39, 0.29) is 36.5 Å². The fourth-order valence-electron chi connectivity index (χ4n) is 6.03. The van der Waals surface area contributed by atoms with Gasteiger partial charge in [0.1, 0.15) is 23.7 Å². The van der Waals surface area contributed by atoms with Crippen molar-refractivity contribution < 1.29 is 33.4 Å². The number of carbonyl (C=O) groups excluding carboxylic acids is 5. The van der Waals surface area contributed by atoms with Crippen molar-refractivity contribution in [1.29, 1.82) is 0 Å². The summed E-state index contributed by atoms with van der Waals surface area (Å²) in [6, 6.07) is 5.93. The van der Waals surface area contributed by atoms with Crippen molar-refractivity contribution in [1.82, 2.24) is 31.2 Å². The normalized spacial score (nSPS) is 19.8. The summed E-state index contributed by atoms with van der Waals surface area (Å²) in [5.74, 6) is -1.91. The lowest BCUT2D eigenvalue weighted by atomic mass is 9.93. The Balaban J connectivity index is 1.49. The van der Waals surface area contributed by atoms with Crippen LogP contribution in [0.1, 0.15) is 65.1 Å². The molecular formula is C37H54N6O7S. The van der Waals surface area contributed by atoms with E-state index in [1.54, 1.807) is 17.8 Å². The van der Waals surface area contributed by atoms with Gasteiger partial charge >= 0.3 is 0 Å². The van der Waals surface area contributed by atoms with Gasteiger partial charge in [-0.25, -0.2) is 4.98 Å². The number of thiazole rings is 1. The highest BCUT2D eigenvalue weighted by atomic mass is 32.1. The molecule has 2 aliphatic heterocycles. The molecule has 51 heavy (non-hydrogen) atoms. The van der Waals surface area contributed by atoms with Crippen LogP contribution in [0.15, 0.2) is 41.2 Å². The SMILES string of the molecule is CC(C)C[C@H](NC(=O)[C@H](CCc1ccccc1)NC(=O)CN1CCOCC1)C(=O)N[C@@H](Cc1cscn1)C(=O)N[C@@H](CC(C)C)C(=O)[C@@]1(C)CO1. The molecule has 4 rings (SSSR count). The average Bonchev–Trinajstić information content (AvgIpc) is 3.63. The van der Waals surface area contributed by atoms with Crippen molar-refractivity contribution in [2.45, 2.75) is 96.5 Å². The van der Waals surface area contributed by atoms with Crippen molar-refractivity contribution in [2.75, 3.05) is 39.5 Å². The molecule has 2 fully saturated rings. The summed E-state index contributed by atoms with van der Waals surface area (Å²) >= 11 is 1.37. The summed E-state index contributed by atoms with van der Waals surface area (Å²) in [7, 11) is 0. The molecule has 2 aliphatic rings. The Labute approximate surface area is 305 Å². The van der Waals surface area contributed by atoms with Crippen LogP contribution in [0.5, 0.6) is 0 Å². The van der Waals surface area contributed by atoms with Gasteiger partial charge in [0.25, 0.3) is 0 Å². The number of nitrogens with one attached hydrogen (secondary N) is 4. The lowest BCUT2D eigenvalue weighted by molar-refractivity contribution is -0.135. The second kappa shape index (κ2) is 19.2. The van der Waals surface area contributed by atoms with Crippen LogP contribution in [0.2, 0.25) is 0 Å². The minimum absolute atomic E-state index is 0.0119. The third kappa shape index (κ3) is 13.1. The van der Waals surface area contributed by atoms with Gasteiger partial charge in [-0.05, 0) is 50.0 Å². The molecule has 0 aliphatic carbocycles. The summed E-state index contributed by atoms with van der Waals surface area (Å²) < 4.78 is 10.8. The first-order valence-electron chi connectivity index (χ1n) is 17.9. The van der Waals surface area contributed by atoms with Gasteiger partial charge in [0.2, 0.25) is 23.6 Å². The number of Topliss-reactive ketones (excluding diaryl/α,β-unsaturated/α-hetero) is 1. The molecule has 13 nitrogen and oxygen atoms in total. The van der Waals surface area contributed by atoms with Crippen molar-refractivity contribution >= 4 is 40.7 Å². The number of carbonyl (C=O) groups is 5. The van der Waals surface area contributed by atoms with E-state index in [0.29, 0.717) is 64.3 Å². The Morgan fingerprint density at radius 3 is 2.04 bits per heavy atom. The maximum absolute atomic E-state index is 14.0. The van der Waals surface area contributed by atoms with Gasteiger partial charge in [-0.3, -0.25) is 28.9 Å². The first kappa shape index (κ1) is 40.1. The van der Waals surface area contributed by atoms with E-state index in [9.17, 15) is 24.0 Å². The number of ether oxygens (including phenoxy) is 2. The monoisotopic (exact) mass is 726 g/mol. The fraction of sp³-hybridized carbons (Fsp3) is 0.622. The highest BCUT2D eigenvalue weighted by molar-refractivity contribution is 7.07. The van der Waals surface area contributed by atoms with Gasteiger partial charge in [-0.2, -0.15) is 0 Å². The largest absolute Gasteiger partial charge is 0.379 e. The topological polar surface area (TPSA) is 171 Å². The number of benzene rings is 1. The molecular weight excluding hydrogens is 673 g/mol. The highest BCUT2D eigenvalue weighted by Gasteiger charge is 2.50. The van der Waals surface area contributed by atoms with E-state index in [4.69, 9.17) is 9.47 Å². The number of hydrogen-bond donors (Lipinski definition) is 4. The molecule has 5 atom stereocenters. The first-order valence-corrected chi connectivity index (χ1v) is 18.9. The van der Waals surface area contributed by atoms with Gasteiger partial charge in [-0.15, -0.1) is 11.3 Å². The van der Waals surface area contributed by atoms with Gasteiger partial charge in [0.15, 0.2) is 5.78 Å². The number of hydrogen-bond acceptors (Lipinski definition) is 10. The van der Waals surface area contributed by atoms with Crippen LogP contribution in [0.25, 0.3) is 0 Å². The highest BCUT2D eigenvalue weighted by Crippen LogP contribution is 2.29. The van der Waals surface area contributed by atoms with Crippen LogP contribution in [0.3, 0.4) is 0 Å². The number of aromatic nitrogens is 1. The van der Waals surface area contributed by atoms with Crippen LogP contribution < -0.4 is 21.3 Å². The zero-order valence-electron chi connectivity index (χ0n) is 30.4. The zero-order chi connectivity index (χ0) is 37.0. The second-order valence-corrected chi connectivity index (χ2v) is 15.3. The first-order chi connectivity index (χ1) is 24.3. The van der Waals surface area contributed by atoms with Crippen molar-refractivity contribution in [3.63, 3.8) is 0 Å². The average molecular weight is 727 g/mol. The smallest absolute Gasteiger partial charge is 0.243 e. The van der Waals surface area contributed by atoms with Crippen LogP contribution in [0, 0.1) is 11.8 Å². The van der Waals surface area contributed by atoms with Gasteiger partial charge < -0.3 is 30.7 Å². The molecule has 0 unspecified atom stereocenters. The van der Waals surface area contributed by atoms with Gasteiger partial charge in [-0.1, -0.05) is 58.0 Å². The molecule has 1 aromatic carbocycles. The molecule has 1 aromatic heterocycles. The predicted octanol–water partition coefficient (Wildman–Crippen LogP) is 2.04. The molecule has 0 bridgehead atoms. The maximum atomic E-state index is 14.0. The van der Waals surface area contributed by atoms with E-state index in [2.05, 4.69) is 26.3 Å². The standard InChI is InChI=1S/C37H54N6O7S/c1-24(2)17-29(33(45)37(5)22-50-37)40-36(48)31(19-27-21-51-23-38-27)42-35(47)30(18-25(3)4)41-34(46)28(12-11-26-9-7-6-8-10-26)39-32(44)20-43-13-15-49-16-14-43/h6-10,21,23-25,28-31H,11-20,22H2,1-5H3,(H,39,44)(H,40,48)(H,41,46)(H,42,47)/t28-,29-,30-,31-,37+/m0/s1. The van der Waals surface area contributed by atoms with Crippen molar-refractivity contribution in [2.24, 2.45) is 11.8 Å². The summed E-state index contributed by atoms with van der Waals surface area (Å²) in [6.45, 7) is 12.3. The van der Waals surface area contributed by atoms with Crippen molar-refractivity contribution in [3.8, 4) is 0 Å². The summed E-state index contributed by atoms with van der Waals surface area (Å²) in [4.78, 5) is 74.5. The molecule has 3 heterocycles. The Morgan fingerprint density at radius 1 is 0.843 bits per heavy atom. The molecule has 14 heteroatoms. The Bertz CT molecular complexity index is 1440. The third-order valence-electron chi connectivity index (χ3n) is 9.00. The molecule has 0 saturated carbocycles. The Hall–Kier alpha value is -3.72. The molecule has 0 radical (unpaired) electrons. The van der Waals surface area contributed by atoms with Crippen LogP contribution in [0.4, 0.5) is 0 Å². The number of rotatable bonds is 20. The van der Waals surface area contributed by atoms with E-state index < -0.39 is 47.5 Å². The Kier molecular flexibility index (Phi) is 15.1. The van der Waals surface area contributed by atoms with E-state index in [1.807, 2.05) is 62.9 Å². The fourth-order valence-corrected chi connectivity index (χ4v) is 6.60. The summed E-state index contributed by atoms with van der Waals surface area (Å²) in [5.41, 5.74) is 2.34. The van der Waals surface area contributed by atoms with E-state index in [1.165, 1.54) is 11.3 Å². The molecule has 2 aromatic rings. The second-order valence-electron chi connectivity index (χ2n) is 14.5. The maximum Gasteiger partial charge on any atom is 0.243 e. The van der Waals surface area contributed by atoms with Crippen LogP contribution in [-0.4, -0.2) is 109 Å². The number of morpholine rings is 1. The number of aryl methyl sites for hydroxylation is 1. The number of epoxide rings is 1. The number of ketones is 1. The molecule has 2 saturated heterocycles. The molecule has 4 amide bonds. The predicted molar refractivity (Wildman–Crippen MR) is 194 cm³/mol. The minimum Gasteiger partial charge on any atom is -0.379 e. The third-order valence-corrected chi connectivity index (χ3v) is 9.63. The minimum atomic E-state index is -1.07. The molecule has 280 valence electrons. The lowest BCUT2D eigenvalue weighted by Gasteiger charge is -2.29.